The van der Waals surface area contributed by atoms with Crippen molar-refractivity contribution in [3.05, 3.63) is 30.1 Å². The number of benzene rings is 1. The number of ether oxygens (including phenoxy) is 4. The molecule has 0 bridgehead atoms. The predicted octanol–water partition coefficient (Wildman–Crippen LogP) is 1.25. The molecule has 0 radical (unpaired) electrons. The van der Waals surface area contributed by atoms with Crippen molar-refractivity contribution in [1.82, 2.24) is 10.2 Å². The monoisotopic (exact) mass is 440 g/mol. The van der Waals surface area contributed by atoms with Crippen molar-refractivity contribution in [3.63, 3.8) is 0 Å². The van der Waals surface area contributed by atoms with Crippen LogP contribution in [0.4, 0.5) is 4.39 Å². The number of carbonyl (C=O) groups excluding carboxylic acids is 3. The topological polar surface area (TPSA) is 103 Å². The van der Waals surface area contributed by atoms with E-state index in [4.69, 9.17) is 18.9 Å². The number of nitrogens with one attached hydrogen (secondary N) is 1. The lowest BCUT2D eigenvalue weighted by Gasteiger charge is -2.27. The van der Waals surface area contributed by atoms with Gasteiger partial charge in [0.15, 0.2) is 5.79 Å². The molecule has 1 aromatic rings. The smallest absolute Gasteiger partial charge is 0.328 e. The van der Waals surface area contributed by atoms with E-state index in [0.29, 0.717) is 18.8 Å². The van der Waals surface area contributed by atoms with Gasteiger partial charge < -0.3 is 29.2 Å². The van der Waals surface area contributed by atoms with Gasteiger partial charge in [0.1, 0.15) is 17.6 Å². The Kier molecular flexibility index (Phi) is 9.20. The molecule has 0 aromatic heterocycles. The van der Waals surface area contributed by atoms with Crippen molar-refractivity contribution in [3.8, 4) is 5.75 Å². The second kappa shape index (κ2) is 11.6. The van der Waals surface area contributed by atoms with E-state index in [-0.39, 0.29) is 44.3 Å². The summed E-state index contributed by atoms with van der Waals surface area (Å²) in [5.41, 5.74) is 0. The van der Waals surface area contributed by atoms with E-state index in [0.717, 1.165) is 0 Å². The molecule has 1 heterocycles. The van der Waals surface area contributed by atoms with Gasteiger partial charge >= 0.3 is 5.97 Å². The maximum atomic E-state index is 12.9. The van der Waals surface area contributed by atoms with Crippen LogP contribution in [0.5, 0.6) is 5.75 Å². The molecule has 1 N–H and O–H groups in total. The van der Waals surface area contributed by atoms with Crippen LogP contribution in [-0.4, -0.2) is 75.0 Å². The number of hydrogen-bond acceptors (Lipinski definition) is 7. The van der Waals surface area contributed by atoms with Crippen molar-refractivity contribution >= 4 is 17.8 Å². The molecule has 2 rings (SSSR count). The molecule has 9 nitrogen and oxygen atoms in total. The maximum absolute atomic E-state index is 12.9. The lowest BCUT2D eigenvalue weighted by Crippen LogP contribution is -2.47. The molecule has 1 fully saturated rings. The molecule has 2 atom stereocenters. The summed E-state index contributed by atoms with van der Waals surface area (Å²) < 4.78 is 34.1. The third kappa shape index (κ3) is 6.90. The molecule has 1 saturated heterocycles. The number of esters is 1. The Morgan fingerprint density at radius 1 is 1.23 bits per heavy atom. The van der Waals surface area contributed by atoms with Crippen LogP contribution in [0.25, 0.3) is 0 Å². The van der Waals surface area contributed by atoms with Crippen LogP contribution < -0.4 is 10.1 Å². The minimum atomic E-state index is -1.09. The second-order valence-electron chi connectivity index (χ2n) is 7.00. The molecule has 1 aromatic carbocycles. The standard InChI is InChI=1S/C21H29FN2O7/c1-4-31-21(29-3)12-17(20(27)28-2)24(14-21)19(26)13-23-18(25)6-5-11-30-16-9-7-15(22)8-10-16/h7-10,17H,4-6,11-14H2,1-3H3,(H,23,25). The molecule has 0 aliphatic carbocycles. The van der Waals surface area contributed by atoms with Gasteiger partial charge in [-0.1, -0.05) is 0 Å². The van der Waals surface area contributed by atoms with E-state index in [9.17, 15) is 18.8 Å². The SMILES string of the molecule is CCOC1(OC)CC(C(=O)OC)N(C(=O)CNC(=O)CCCOc2ccc(F)cc2)C1. The summed E-state index contributed by atoms with van der Waals surface area (Å²) in [5, 5.41) is 2.55. The number of carbonyl (C=O) groups is 3. The van der Waals surface area contributed by atoms with Gasteiger partial charge in [0.25, 0.3) is 0 Å². The Labute approximate surface area is 180 Å². The molecule has 1 aliphatic heterocycles. The molecule has 2 unspecified atom stereocenters. The highest BCUT2D eigenvalue weighted by atomic mass is 19.1. The highest BCUT2D eigenvalue weighted by Crippen LogP contribution is 2.32. The van der Waals surface area contributed by atoms with Gasteiger partial charge in [0.2, 0.25) is 11.8 Å². The van der Waals surface area contributed by atoms with Gasteiger partial charge in [0, 0.05) is 26.6 Å². The molecule has 2 amide bonds. The summed E-state index contributed by atoms with van der Waals surface area (Å²) in [6.45, 7) is 2.20. The fraction of sp³-hybridized carbons (Fsp3) is 0.571. The lowest BCUT2D eigenvalue weighted by molar-refractivity contribution is -0.210. The molecular formula is C21H29FN2O7. The van der Waals surface area contributed by atoms with Crippen LogP contribution in [0.15, 0.2) is 24.3 Å². The van der Waals surface area contributed by atoms with Crippen LogP contribution in [-0.2, 0) is 28.6 Å². The fourth-order valence-electron chi connectivity index (χ4n) is 3.34. The number of amides is 2. The summed E-state index contributed by atoms with van der Waals surface area (Å²) in [6, 6.07) is 4.73. The third-order valence-corrected chi connectivity index (χ3v) is 4.93. The van der Waals surface area contributed by atoms with Gasteiger partial charge in [-0.05, 0) is 37.6 Å². The molecule has 1 aliphatic rings. The van der Waals surface area contributed by atoms with Crippen molar-refractivity contribution in [2.75, 3.05) is 40.5 Å². The van der Waals surface area contributed by atoms with E-state index >= 15 is 0 Å². The minimum Gasteiger partial charge on any atom is -0.494 e. The quantitative estimate of drug-likeness (QED) is 0.314. The number of nitrogens with zero attached hydrogens (tertiary/aromatic N) is 1. The minimum absolute atomic E-state index is 0.0529. The van der Waals surface area contributed by atoms with E-state index in [1.165, 1.54) is 43.4 Å². The summed E-state index contributed by atoms with van der Waals surface area (Å²) in [5.74, 6) is -2.28. The predicted molar refractivity (Wildman–Crippen MR) is 108 cm³/mol. The zero-order valence-corrected chi connectivity index (χ0v) is 18.0. The van der Waals surface area contributed by atoms with Gasteiger partial charge in [0.05, 0.1) is 26.8 Å². The van der Waals surface area contributed by atoms with Crippen molar-refractivity contribution in [2.24, 2.45) is 0 Å². The fourth-order valence-corrected chi connectivity index (χ4v) is 3.34. The number of halogens is 1. The van der Waals surface area contributed by atoms with Crippen molar-refractivity contribution < 1.29 is 37.7 Å². The summed E-state index contributed by atoms with van der Waals surface area (Å²) in [4.78, 5) is 38.2. The van der Waals surface area contributed by atoms with E-state index in [2.05, 4.69) is 5.32 Å². The van der Waals surface area contributed by atoms with Crippen LogP contribution in [0.1, 0.15) is 26.2 Å². The summed E-state index contributed by atoms with van der Waals surface area (Å²) in [6.07, 6.45) is 0.712. The molecule has 0 saturated carbocycles. The van der Waals surface area contributed by atoms with Crippen LogP contribution in [0, 0.1) is 5.82 Å². The number of hydrogen-bond donors (Lipinski definition) is 1. The first kappa shape index (κ1) is 24.5. The van der Waals surface area contributed by atoms with E-state index in [1.54, 1.807) is 6.92 Å². The van der Waals surface area contributed by atoms with Crippen molar-refractivity contribution in [2.45, 2.75) is 38.0 Å². The van der Waals surface area contributed by atoms with Gasteiger partial charge in [-0.3, -0.25) is 9.59 Å². The highest BCUT2D eigenvalue weighted by Gasteiger charge is 2.50. The Hall–Kier alpha value is -2.72. The first-order valence-corrected chi connectivity index (χ1v) is 10.1. The maximum Gasteiger partial charge on any atom is 0.328 e. The average Bonchev–Trinajstić information content (AvgIpc) is 3.16. The van der Waals surface area contributed by atoms with Crippen LogP contribution >= 0.6 is 0 Å². The normalized spacial score (nSPS) is 20.4. The zero-order valence-electron chi connectivity index (χ0n) is 18.0. The van der Waals surface area contributed by atoms with Crippen LogP contribution in [0.2, 0.25) is 0 Å². The Balaban J connectivity index is 1.80. The molecule has 10 heteroatoms. The average molecular weight is 440 g/mol. The lowest BCUT2D eigenvalue weighted by atomic mass is 10.1. The van der Waals surface area contributed by atoms with Gasteiger partial charge in [-0.2, -0.15) is 0 Å². The molecular weight excluding hydrogens is 411 g/mol. The number of methoxy groups -OCH3 is 2. The first-order chi connectivity index (χ1) is 14.8. The Morgan fingerprint density at radius 3 is 2.55 bits per heavy atom. The summed E-state index contributed by atoms with van der Waals surface area (Å²) in [7, 11) is 2.70. The first-order valence-electron chi connectivity index (χ1n) is 10.1. The molecule has 31 heavy (non-hydrogen) atoms. The largest absolute Gasteiger partial charge is 0.494 e. The zero-order chi connectivity index (χ0) is 22.9. The molecule has 172 valence electrons. The third-order valence-electron chi connectivity index (χ3n) is 4.93. The van der Waals surface area contributed by atoms with E-state index < -0.39 is 23.7 Å². The summed E-state index contributed by atoms with van der Waals surface area (Å²) >= 11 is 0. The second-order valence-corrected chi connectivity index (χ2v) is 7.00. The number of rotatable bonds is 11. The number of likely N-dealkylation sites (tertiary alicyclic amines) is 1. The van der Waals surface area contributed by atoms with Crippen molar-refractivity contribution in [1.29, 1.82) is 0 Å². The Morgan fingerprint density at radius 2 is 1.94 bits per heavy atom. The van der Waals surface area contributed by atoms with Gasteiger partial charge in [-0.25, -0.2) is 9.18 Å². The van der Waals surface area contributed by atoms with Gasteiger partial charge in [-0.15, -0.1) is 0 Å². The van der Waals surface area contributed by atoms with Crippen LogP contribution in [0.3, 0.4) is 0 Å². The highest BCUT2D eigenvalue weighted by molar-refractivity contribution is 5.89. The molecule has 0 spiro atoms. The Bertz CT molecular complexity index is 759. The van der Waals surface area contributed by atoms with E-state index in [1.807, 2.05) is 0 Å².